The second kappa shape index (κ2) is 6.71. The van der Waals surface area contributed by atoms with Crippen LogP contribution in [0.15, 0.2) is 48.5 Å². The molecule has 5 heteroatoms. The van der Waals surface area contributed by atoms with E-state index in [0.29, 0.717) is 13.3 Å². The van der Waals surface area contributed by atoms with E-state index in [1.165, 1.54) is 11.3 Å². The first kappa shape index (κ1) is 15.3. The molecule has 0 unspecified atom stereocenters. The molecule has 0 saturated carbocycles. The Hall–Kier alpha value is -2.24. The number of fused-ring (bicyclic) bond motifs is 1. The molecule has 2 aromatic carbocycles. The maximum atomic E-state index is 6.10. The third kappa shape index (κ3) is 2.92. The van der Waals surface area contributed by atoms with Gasteiger partial charge in [-0.05, 0) is 29.8 Å². The number of para-hydroxylation sites is 1. The summed E-state index contributed by atoms with van der Waals surface area (Å²) >= 11 is 0. The van der Waals surface area contributed by atoms with Crippen molar-refractivity contribution in [3.63, 3.8) is 0 Å². The molecule has 1 fully saturated rings. The molecule has 0 radical (unpaired) electrons. The molecule has 126 valence electrons. The van der Waals surface area contributed by atoms with Gasteiger partial charge in [0.1, 0.15) is 0 Å². The van der Waals surface area contributed by atoms with Gasteiger partial charge in [-0.15, -0.1) is 0 Å². The lowest BCUT2D eigenvalue weighted by Gasteiger charge is -2.40. The first-order valence-corrected chi connectivity index (χ1v) is 8.49. The molecule has 2 aliphatic heterocycles. The van der Waals surface area contributed by atoms with Crippen molar-refractivity contribution < 1.29 is 9.47 Å². The number of benzene rings is 2. The van der Waals surface area contributed by atoms with Crippen LogP contribution in [0, 0.1) is 0 Å². The maximum Gasteiger partial charge on any atom is 0.231 e. The van der Waals surface area contributed by atoms with Gasteiger partial charge in [0.2, 0.25) is 6.79 Å². The monoisotopic (exact) mass is 325 g/mol. The average Bonchev–Trinajstić information content (AvgIpc) is 3.12. The van der Waals surface area contributed by atoms with Crippen molar-refractivity contribution in [3.8, 4) is 11.5 Å². The van der Waals surface area contributed by atoms with Gasteiger partial charge in [0.05, 0.1) is 0 Å². The number of nitrogens with two attached hydrogens (primary N) is 1. The van der Waals surface area contributed by atoms with Crippen LogP contribution in [-0.2, 0) is 0 Å². The van der Waals surface area contributed by atoms with Crippen molar-refractivity contribution in [2.45, 2.75) is 6.04 Å². The number of nitrogens with zero attached hydrogens (tertiary/aromatic N) is 2. The van der Waals surface area contributed by atoms with Crippen LogP contribution in [0.5, 0.6) is 11.5 Å². The van der Waals surface area contributed by atoms with Gasteiger partial charge in [0, 0.05) is 44.5 Å². The molecule has 0 aromatic heterocycles. The second-order valence-corrected chi connectivity index (χ2v) is 6.22. The smallest absolute Gasteiger partial charge is 0.231 e. The molecule has 0 spiro atoms. The molecular weight excluding hydrogens is 302 g/mol. The Morgan fingerprint density at radius 2 is 1.67 bits per heavy atom. The van der Waals surface area contributed by atoms with Gasteiger partial charge in [-0.3, -0.25) is 4.90 Å². The summed E-state index contributed by atoms with van der Waals surface area (Å²) in [6.07, 6.45) is 0. The fraction of sp³-hybridized carbons (Fsp3) is 0.368. The zero-order valence-electron chi connectivity index (χ0n) is 13.7. The molecule has 4 rings (SSSR count). The summed E-state index contributed by atoms with van der Waals surface area (Å²) in [5, 5.41) is 0. The first-order chi connectivity index (χ1) is 11.8. The van der Waals surface area contributed by atoms with Crippen LogP contribution in [0.1, 0.15) is 11.6 Å². The van der Waals surface area contributed by atoms with Gasteiger partial charge in [-0.2, -0.15) is 0 Å². The Balaban J connectivity index is 1.45. The quantitative estimate of drug-likeness (QED) is 0.934. The predicted molar refractivity (Wildman–Crippen MR) is 94.6 cm³/mol. The van der Waals surface area contributed by atoms with E-state index < -0.39 is 0 Å². The lowest BCUT2D eigenvalue weighted by atomic mass is 10.0. The van der Waals surface area contributed by atoms with E-state index in [1.807, 2.05) is 6.07 Å². The summed E-state index contributed by atoms with van der Waals surface area (Å²) in [7, 11) is 0. The molecule has 1 saturated heterocycles. The molecule has 0 aliphatic carbocycles. The second-order valence-electron chi connectivity index (χ2n) is 6.22. The minimum absolute atomic E-state index is 0.220. The minimum Gasteiger partial charge on any atom is -0.454 e. The fourth-order valence-corrected chi connectivity index (χ4v) is 3.55. The van der Waals surface area contributed by atoms with Crippen molar-refractivity contribution in [1.82, 2.24) is 4.90 Å². The summed E-state index contributed by atoms with van der Waals surface area (Å²) in [4.78, 5) is 4.90. The molecule has 1 atom stereocenters. The molecule has 2 aliphatic rings. The molecule has 2 N–H and O–H groups in total. The highest BCUT2D eigenvalue weighted by atomic mass is 16.7. The highest BCUT2D eigenvalue weighted by molar-refractivity contribution is 5.47. The molecule has 24 heavy (non-hydrogen) atoms. The Morgan fingerprint density at radius 3 is 2.42 bits per heavy atom. The Kier molecular flexibility index (Phi) is 4.28. The maximum absolute atomic E-state index is 6.10. The zero-order chi connectivity index (χ0) is 16.4. The topological polar surface area (TPSA) is 51.0 Å². The number of hydrogen-bond donors (Lipinski definition) is 1. The minimum atomic E-state index is 0.220. The van der Waals surface area contributed by atoms with Crippen molar-refractivity contribution in [2.75, 3.05) is 44.4 Å². The number of piperazine rings is 1. The Labute approximate surface area is 142 Å². The lowest BCUT2D eigenvalue weighted by Crippen LogP contribution is -2.49. The van der Waals surface area contributed by atoms with E-state index in [1.54, 1.807) is 0 Å². The van der Waals surface area contributed by atoms with Gasteiger partial charge in [0.15, 0.2) is 11.5 Å². The summed E-state index contributed by atoms with van der Waals surface area (Å²) in [5.74, 6) is 1.65. The van der Waals surface area contributed by atoms with Crippen molar-refractivity contribution >= 4 is 5.69 Å². The largest absolute Gasteiger partial charge is 0.454 e. The van der Waals surface area contributed by atoms with E-state index >= 15 is 0 Å². The van der Waals surface area contributed by atoms with Gasteiger partial charge >= 0.3 is 0 Å². The van der Waals surface area contributed by atoms with E-state index in [2.05, 4.69) is 52.3 Å². The van der Waals surface area contributed by atoms with Crippen molar-refractivity contribution in [2.24, 2.45) is 5.73 Å². The van der Waals surface area contributed by atoms with Crippen LogP contribution in [0.4, 0.5) is 5.69 Å². The van der Waals surface area contributed by atoms with Crippen molar-refractivity contribution in [1.29, 1.82) is 0 Å². The molecule has 5 nitrogen and oxygen atoms in total. The van der Waals surface area contributed by atoms with E-state index in [0.717, 1.165) is 37.7 Å². The third-order valence-corrected chi connectivity index (χ3v) is 4.88. The lowest BCUT2D eigenvalue weighted by molar-refractivity contribution is 0.173. The molecule has 2 heterocycles. The highest BCUT2D eigenvalue weighted by Gasteiger charge is 2.25. The first-order valence-electron chi connectivity index (χ1n) is 8.49. The normalized spacial score (nSPS) is 18.6. The summed E-state index contributed by atoms with van der Waals surface area (Å²) in [6, 6.07) is 17.0. The highest BCUT2D eigenvalue weighted by Crippen LogP contribution is 2.35. The predicted octanol–water partition coefficient (Wildman–Crippen LogP) is 2.24. The third-order valence-electron chi connectivity index (χ3n) is 4.88. The van der Waals surface area contributed by atoms with E-state index in [4.69, 9.17) is 15.2 Å². The molecule has 2 aromatic rings. The molecular formula is C19H23N3O2. The van der Waals surface area contributed by atoms with Crippen LogP contribution in [-0.4, -0.2) is 44.4 Å². The summed E-state index contributed by atoms with van der Waals surface area (Å²) in [5.41, 5.74) is 8.60. The van der Waals surface area contributed by atoms with Gasteiger partial charge in [0.25, 0.3) is 0 Å². The number of anilines is 1. The van der Waals surface area contributed by atoms with Gasteiger partial charge in [-0.25, -0.2) is 0 Å². The van der Waals surface area contributed by atoms with Crippen LogP contribution in [0.3, 0.4) is 0 Å². The van der Waals surface area contributed by atoms with Crippen LogP contribution in [0.2, 0.25) is 0 Å². The SMILES string of the molecule is NC[C@@H](c1ccc2c(c1)OCO2)N1CCN(c2ccccc2)CC1. The van der Waals surface area contributed by atoms with Crippen LogP contribution in [0.25, 0.3) is 0 Å². The van der Waals surface area contributed by atoms with E-state index in [-0.39, 0.29) is 6.04 Å². The fourth-order valence-electron chi connectivity index (χ4n) is 3.55. The van der Waals surface area contributed by atoms with Crippen molar-refractivity contribution in [3.05, 3.63) is 54.1 Å². The zero-order valence-corrected chi connectivity index (χ0v) is 13.7. The standard InChI is InChI=1S/C19H23N3O2/c20-13-17(15-6-7-18-19(12-15)24-14-23-18)22-10-8-21(9-11-22)16-4-2-1-3-5-16/h1-7,12,17H,8-11,13-14,20H2/t17-/m0/s1. The van der Waals surface area contributed by atoms with Gasteiger partial charge < -0.3 is 20.1 Å². The van der Waals surface area contributed by atoms with Crippen LogP contribution >= 0.6 is 0 Å². The number of rotatable bonds is 4. The molecule has 0 bridgehead atoms. The molecule has 0 amide bonds. The Morgan fingerprint density at radius 1 is 0.917 bits per heavy atom. The summed E-state index contributed by atoms with van der Waals surface area (Å²) < 4.78 is 10.9. The Bertz CT molecular complexity index is 684. The average molecular weight is 325 g/mol. The van der Waals surface area contributed by atoms with E-state index in [9.17, 15) is 0 Å². The number of ether oxygens (including phenoxy) is 2. The summed E-state index contributed by atoms with van der Waals surface area (Å²) in [6.45, 7) is 4.96. The number of hydrogen-bond acceptors (Lipinski definition) is 5. The van der Waals surface area contributed by atoms with Crippen LogP contribution < -0.4 is 20.1 Å². The van der Waals surface area contributed by atoms with Gasteiger partial charge in [-0.1, -0.05) is 24.3 Å².